The van der Waals surface area contributed by atoms with Crippen molar-refractivity contribution < 1.29 is 15.0 Å². The van der Waals surface area contributed by atoms with E-state index in [1.165, 1.54) is 11.8 Å². The van der Waals surface area contributed by atoms with Gasteiger partial charge in [-0.25, -0.2) is 0 Å². The molecule has 8 heteroatoms. The maximum absolute atomic E-state index is 12.4. The molecule has 2 aliphatic rings. The fourth-order valence-electron chi connectivity index (χ4n) is 3.34. The van der Waals surface area contributed by atoms with E-state index in [-0.39, 0.29) is 24.1 Å². The summed E-state index contributed by atoms with van der Waals surface area (Å²) in [6.45, 7) is 0.139. The molecule has 1 saturated carbocycles. The number of hydrogen-bond acceptors (Lipinski definition) is 7. The van der Waals surface area contributed by atoms with Crippen LogP contribution < -0.4 is 15.5 Å². The minimum Gasteiger partial charge on any atom is -0.390 e. The summed E-state index contributed by atoms with van der Waals surface area (Å²) < 4.78 is 0. The van der Waals surface area contributed by atoms with E-state index in [1.807, 2.05) is 43.3 Å². The lowest BCUT2D eigenvalue weighted by molar-refractivity contribution is -0.129. The van der Waals surface area contributed by atoms with E-state index >= 15 is 0 Å². The van der Waals surface area contributed by atoms with Crippen LogP contribution in [-0.2, 0) is 4.79 Å². The van der Waals surface area contributed by atoms with Crippen molar-refractivity contribution in [2.45, 2.75) is 29.9 Å². The lowest BCUT2D eigenvalue weighted by Gasteiger charge is -2.37. The van der Waals surface area contributed by atoms with Crippen molar-refractivity contribution in [2.24, 2.45) is 10.9 Å². The summed E-state index contributed by atoms with van der Waals surface area (Å²) in [7, 11) is 3.95. The highest BCUT2D eigenvalue weighted by Gasteiger charge is 2.50. The molecule has 0 saturated heterocycles. The van der Waals surface area contributed by atoms with Crippen LogP contribution in [0.15, 0.2) is 29.3 Å². The molecule has 0 spiro atoms. The quantitative estimate of drug-likeness (QED) is 0.561. The van der Waals surface area contributed by atoms with Gasteiger partial charge in [-0.3, -0.25) is 9.79 Å². The van der Waals surface area contributed by atoms with E-state index in [2.05, 4.69) is 21.5 Å². The summed E-state index contributed by atoms with van der Waals surface area (Å²) in [4.78, 5) is 19.0. The van der Waals surface area contributed by atoms with Crippen LogP contribution in [0.2, 0.25) is 0 Å². The maximum atomic E-state index is 12.4. The van der Waals surface area contributed by atoms with Crippen LogP contribution in [-0.4, -0.2) is 65.4 Å². The van der Waals surface area contributed by atoms with Crippen LogP contribution in [0.5, 0.6) is 0 Å². The number of terminal acetylenes is 1. The monoisotopic (exact) mass is 388 g/mol. The molecule has 5 atom stereocenters. The standard InChI is InChI=1S/C19H24N4O3S/c1-4-9-20-18(26)13-10-14(24)16(25)15-17(13)27-19(22-15)21-11-5-7-12(8-6-11)23(2)3/h1,5-8,13-17,24-25H,9-10H2,2-3H3,(H,20,26)(H,21,22). The molecule has 1 heterocycles. The first-order chi connectivity index (χ1) is 12.9. The van der Waals surface area contributed by atoms with E-state index in [4.69, 9.17) is 6.42 Å². The zero-order valence-electron chi connectivity index (χ0n) is 15.3. The van der Waals surface area contributed by atoms with Gasteiger partial charge in [-0.15, -0.1) is 6.42 Å². The first kappa shape index (κ1) is 19.5. The Morgan fingerprint density at radius 2 is 2.07 bits per heavy atom. The van der Waals surface area contributed by atoms with Crippen molar-refractivity contribution in [3.05, 3.63) is 24.3 Å². The topological polar surface area (TPSA) is 97.2 Å². The third kappa shape index (κ3) is 4.21. The SMILES string of the molecule is C#CCNC(=O)C1CC(O)C(O)C2N=C(Nc3ccc(N(C)C)cc3)SC12. The Morgan fingerprint density at radius 3 is 2.70 bits per heavy atom. The second-order valence-corrected chi connectivity index (χ2v) is 8.06. The van der Waals surface area contributed by atoms with E-state index in [0.717, 1.165) is 11.4 Å². The van der Waals surface area contributed by atoms with Gasteiger partial charge in [0.15, 0.2) is 5.17 Å². The molecule has 27 heavy (non-hydrogen) atoms. The molecule has 1 aliphatic carbocycles. The maximum Gasteiger partial charge on any atom is 0.225 e. The van der Waals surface area contributed by atoms with Crippen molar-refractivity contribution in [3.8, 4) is 12.3 Å². The number of benzene rings is 1. The van der Waals surface area contributed by atoms with Crippen LogP contribution in [0.1, 0.15) is 6.42 Å². The number of rotatable bonds is 4. The first-order valence-corrected chi connectivity index (χ1v) is 9.65. The Hall–Kier alpha value is -2.21. The summed E-state index contributed by atoms with van der Waals surface area (Å²) in [6.07, 6.45) is 3.41. The van der Waals surface area contributed by atoms with Crippen molar-refractivity contribution in [3.63, 3.8) is 0 Å². The zero-order chi connectivity index (χ0) is 19.6. The molecule has 1 aromatic rings. The molecule has 1 fully saturated rings. The number of hydrogen-bond donors (Lipinski definition) is 4. The molecular weight excluding hydrogens is 364 g/mol. The number of fused-ring (bicyclic) bond motifs is 1. The van der Waals surface area contributed by atoms with Gasteiger partial charge in [0.1, 0.15) is 6.10 Å². The molecule has 1 aromatic carbocycles. The minimum atomic E-state index is -0.991. The number of nitrogens with one attached hydrogen (secondary N) is 2. The fraction of sp³-hybridized carbons (Fsp3) is 0.474. The van der Waals surface area contributed by atoms with E-state index in [0.29, 0.717) is 5.17 Å². The highest BCUT2D eigenvalue weighted by molar-refractivity contribution is 8.15. The predicted molar refractivity (Wildman–Crippen MR) is 109 cm³/mol. The van der Waals surface area contributed by atoms with Crippen LogP contribution in [0.25, 0.3) is 0 Å². The van der Waals surface area contributed by atoms with Crippen molar-refractivity contribution >= 4 is 34.2 Å². The van der Waals surface area contributed by atoms with E-state index in [9.17, 15) is 15.0 Å². The smallest absolute Gasteiger partial charge is 0.225 e. The molecule has 0 radical (unpaired) electrons. The molecular formula is C19H24N4O3S. The largest absolute Gasteiger partial charge is 0.390 e. The van der Waals surface area contributed by atoms with Crippen LogP contribution >= 0.6 is 11.8 Å². The molecule has 4 N–H and O–H groups in total. The summed E-state index contributed by atoms with van der Waals surface area (Å²) in [5, 5.41) is 26.8. The molecule has 3 rings (SSSR count). The number of aliphatic imine (C=N–C) groups is 1. The summed E-state index contributed by atoms with van der Waals surface area (Å²) in [5.41, 5.74) is 1.95. The minimum absolute atomic E-state index is 0.139. The molecule has 7 nitrogen and oxygen atoms in total. The Kier molecular flexibility index (Phi) is 5.95. The normalized spacial score (nSPS) is 29.3. The van der Waals surface area contributed by atoms with Crippen LogP contribution in [0.4, 0.5) is 11.4 Å². The average Bonchev–Trinajstić information content (AvgIpc) is 3.07. The molecule has 1 amide bonds. The second-order valence-electron chi connectivity index (χ2n) is 6.90. The number of thioether (sulfide) groups is 1. The second kappa shape index (κ2) is 8.21. The number of amides is 1. The average molecular weight is 388 g/mol. The fourth-order valence-corrected chi connectivity index (χ4v) is 4.72. The van der Waals surface area contributed by atoms with E-state index in [1.54, 1.807) is 0 Å². The Morgan fingerprint density at radius 1 is 1.37 bits per heavy atom. The van der Waals surface area contributed by atoms with Gasteiger partial charge in [0.25, 0.3) is 0 Å². The number of aliphatic hydroxyl groups excluding tert-OH is 2. The third-order valence-corrected chi connectivity index (χ3v) is 6.13. The van der Waals surface area contributed by atoms with Crippen molar-refractivity contribution in [1.82, 2.24) is 5.32 Å². The Balaban J connectivity index is 1.73. The summed E-state index contributed by atoms with van der Waals surface area (Å²) in [5.74, 6) is 1.69. The van der Waals surface area contributed by atoms with Gasteiger partial charge < -0.3 is 25.7 Å². The predicted octanol–water partition coefficient (Wildman–Crippen LogP) is 0.496. The molecule has 144 valence electrons. The molecule has 0 aromatic heterocycles. The lowest BCUT2D eigenvalue weighted by atomic mass is 9.81. The number of carbonyl (C=O) groups is 1. The van der Waals surface area contributed by atoms with Crippen molar-refractivity contribution in [1.29, 1.82) is 0 Å². The van der Waals surface area contributed by atoms with Crippen LogP contribution in [0.3, 0.4) is 0 Å². The van der Waals surface area contributed by atoms with Crippen LogP contribution in [0, 0.1) is 18.3 Å². The van der Waals surface area contributed by atoms with Gasteiger partial charge in [0, 0.05) is 30.7 Å². The molecule has 5 unspecified atom stereocenters. The number of carbonyl (C=O) groups excluding carboxylic acids is 1. The first-order valence-electron chi connectivity index (χ1n) is 8.77. The summed E-state index contributed by atoms with van der Waals surface area (Å²) >= 11 is 1.42. The number of nitrogens with zero attached hydrogens (tertiary/aromatic N) is 2. The summed E-state index contributed by atoms with van der Waals surface area (Å²) in [6, 6.07) is 7.34. The van der Waals surface area contributed by atoms with E-state index < -0.39 is 24.2 Å². The Labute approximate surface area is 163 Å². The zero-order valence-corrected chi connectivity index (χ0v) is 16.1. The Bertz CT molecular complexity index is 759. The van der Waals surface area contributed by atoms with Gasteiger partial charge in [-0.2, -0.15) is 0 Å². The number of amidine groups is 1. The highest BCUT2D eigenvalue weighted by Crippen LogP contribution is 2.41. The van der Waals surface area contributed by atoms with Gasteiger partial charge in [-0.1, -0.05) is 17.7 Å². The number of anilines is 2. The number of aliphatic hydroxyl groups is 2. The van der Waals surface area contributed by atoms with Gasteiger partial charge in [0.05, 0.1) is 24.6 Å². The lowest BCUT2D eigenvalue weighted by Crippen LogP contribution is -2.54. The molecule has 0 bridgehead atoms. The van der Waals surface area contributed by atoms with Gasteiger partial charge in [-0.05, 0) is 30.7 Å². The highest BCUT2D eigenvalue weighted by atomic mass is 32.2. The third-order valence-electron chi connectivity index (χ3n) is 4.82. The molecule has 1 aliphatic heterocycles. The van der Waals surface area contributed by atoms with Gasteiger partial charge >= 0.3 is 0 Å². The van der Waals surface area contributed by atoms with Gasteiger partial charge in [0.2, 0.25) is 5.91 Å². The van der Waals surface area contributed by atoms with Crippen molar-refractivity contribution in [2.75, 3.05) is 30.9 Å².